The van der Waals surface area contributed by atoms with Crippen molar-refractivity contribution in [2.45, 2.75) is 6.92 Å². The lowest BCUT2D eigenvalue weighted by Crippen LogP contribution is -1.97. The van der Waals surface area contributed by atoms with Crippen LogP contribution in [0.3, 0.4) is 0 Å². The molecule has 108 valence electrons. The van der Waals surface area contributed by atoms with Gasteiger partial charge in [-0.3, -0.25) is 4.57 Å². The number of nitrogens with zero attached hydrogens (tertiary/aromatic N) is 7. The fraction of sp³-hybridized carbons (Fsp3) is 0.0769. The fourth-order valence-electron chi connectivity index (χ4n) is 1.83. The molecule has 0 aliphatic heterocycles. The minimum atomic E-state index is 0.239. The standard InChI is InChI=1S/C13H11N9/c1-9-2-3-11(22-7-16-17-8-22)4-12(9)15-6-10(5-14)13-18-20-21-19-13/h2-4,6-8,15H,1H3,(H,18,19,20,21). The second-order valence-corrected chi connectivity index (χ2v) is 4.42. The monoisotopic (exact) mass is 293 g/mol. The van der Waals surface area contributed by atoms with Gasteiger partial charge in [-0.15, -0.1) is 20.4 Å². The van der Waals surface area contributed by atoms with Crippen LogP contribution in [0.15, 0.2) is 37.1 Å². The van der Waals surface area contributed by atoms with Crippen LogP contribution in [0, 0.1) is 18.3 Å². The van der Waals surface area contributed by atoms with E-state index in [-0.39, 0.29) is 11.4 Å². The highest BCUT2D eigenvalue weighted by atomic mass is 15.5. The van der Waals surface area contributed by atoms with E-state index < -0.39 is 0 Å². The molecule has 0 saturated heterocycles. The summed E-state index contributed by atoms with van der Waals surface area (Å²) in [5.74, 6) is 0.239. The summed E-state index contributed by atoms with van der Waals surface area (Å²) >= 11 is 0. The summed E-state index contributed by atoms with van der Waals surface area (Å²) in [6.45, 7) is 1.96. The molecule has 0 unspecified atom stereocenters. The first-order valence-electron chi connectivity index (χ1n) is 6.34. The molecule has 2 heterocycles. The summed E-state index contributed by atoms with van der Waals surface area (Å²) in [5, 5.41) is 33.1. The van der Waals surface area contributed by atoms with Crippen molar-refractivity contribution in [3.8, 4) is 11.8 Å². The number of aromatic amines is 1. The lowest BCUT2D eigenvalue weighted by molar-refractivity contribution is 0.881. The van der Waals surface area contributed by atoms with Crippen molar-refractivity contribution in [3.05, 3.63) is 48.4 Å². The van der Waals surface area contributed by atoms with Crippen LogP contribution in [-0.4, -0.2) is 35.4 Å². The number of rotatable bonds is 4. The van der Waals surface area contributed by atoms with Crippen LogP contribution in [0.4, 0.5) is 5.69 Å². The maximum absolute atomic E-state index is 9.15. The summed E-state index contributed by atoms with van der Waals surface area (Å²) in [6, 6.07) is 7.88. The van der Waals surface area contributed by atoms with E-state index >= 15 is 0 Å². The van der Waals surface area contributed by atoms with Crippen molar-refractivity contribution < 1.29 is 0 Å². The summed E-state index contributed by atoms with van der Waals surface area (Å²) in [5.41, 5.74) is 3.06. The van der Waals surface area contributed by atoms with Gasteiger partial charge in [0.1, 0.15) is 24.3 Å². The molecule has 1 aromatic carbocycles. The number of H-pyrrole nitrogens is 1. The molecule has 2 N–H and O–H groups in total. The number of benzene rings is 1. The first kappa shape index (κ1) is 13.4. The Bertz CT molecular complexity index is 825. The fourth-order valence-corrected chi connectivity index (χ4v) is 1.83. The normalized spacial score (nSPS) is 11.2. The molecule has 0 spiro atoms. The van der Waals surface area contributed by atoms with E-state index in [1.54, 1.807) is 23.4 Å². The van der Waals surface area contributed by atoms with Gasteiger partial charge in [-0.1, -0.05) is 6.07 Å². The van der Waals surface area contributed by atoms with E-state index in [1.165, 1.54) is 0 Å². The smallest absolute Gasteiger partial charge is 0.216 e. The van der Waals surface area contributed by atoms with Crippen molar-refractivity contribution >= 4 is 11.3 Å². The molecule has 3 aromatic rings. The molecule has 0 aliphatic carbocycles. The molecular formula is C13H11N9. The highest BCUT2D eigenvalue weighted by Crippen LogP contribution is 2.20. The van der Waals surface area contributed by atoms with Gasteiger partial charge < -0.3 is 5.32 Å². The number of nitriles is 1. The van der Waals surface area contributed by atoms with E-state index in [4.69, 9.17) is 5.26 Å². The van der Waals surface area contributed by atoms with Gasteiger partial charge in [0.15, 0.2) is 0 Å². The van der Waals surface area contributed by atoms with Crippen LogP contribution in [0.1, 0.15) is 11.4 Å². The quantitative estimate of drug-likeness (QED) is 0.690. The highest BCUT2D eigenvalue weighted by molar-refractivity contribution is 5.74. The Morgan fingerprint density at radius 3 is 2.86 bits per heavy atom. The molecule has 0 fully saturated rings. The zero-order valence-corrected chi connectivity index (χ0v) is 11.6. The lowest BCUT2D eigenvalue weighted by atomic mass is 10.1. The van der Waals surface area contributed by atoms with Gasteiger partial charge in [0.2, 0.25) is 5.82 Å². The van der Waals surface area contributed by atoms with Crippen molar-refractivity contribution in [3.63, 3.8) is 0 Å². The van der Waals surface area contributed by atoms with E-state index in [0.717, 1.165) is 16.9 Å². The second-order valence-electron chi connectivity index (χ2n) is 4.42. The minimum Gasteiger partial charge on any atom is -0.360 e. The maximum atomic E-state index is 9.15. The van der Waals surface area contributed by atoms with Crippen molar-refractivity contribution in [1.29, 1.82) is 5.26 Å². The predicted molar refractivity (Wildman–Crippen MR) is 77.5 cm³/mol. The number of aryl methyl sites for hydroxylation is 1. The SMILES string of the molecule is Cc1ccc(-n2cnnc2)cc1NC=C(C#N)c1nn[nH]n1. The van der Waals surface area contributed by atoms with Crippen LogP contribution in [0.25, 0.3) is 11.3 Å². The van der Waals surface area contributed by atoms with Gasteiger partial charge >= 0.3 is 0 Å². The molecule has 0 saturated carbocycles. The molecule has 0 aliphatic rings. The largest absolute Gasteiger partial charge is 0.360 e. The van der Waals surface area contributed by atoms with Gasteiger partial charge in [0.05, 0.1) is 5.69 Å². The molecule has 9 heteroatoms. The molecule has 0 bridgehead atoms. The Morgan fingerprint density at radius 1 is 1.36 bits per heavy atom. The second kappa shape index (κ2) is 5.84. The maximum Gasteiger partial charge on any atom is 0.216 e. The zero-order chi connectivity index (χ0) is 15.4. The Hall–Kier alpha value is -3.54. The number of aromatic nitrogens is 7. The summed E-state index contributed by atoms with van der Waals surface area (Å²) in [6.07, 6.45) is 4.78. The summed E-state index contributed by atoms with van der Waals surface area (Å²) in [4.78, 5) is 0. The number of tetrazole rings is 1. The molecule has 0 atom stereocenters. The van der Waals surface area contributed by atoms with Crippen LogP contribution in [0.2, 0.25) is 0 Å². The van der Waals surface area contributed by atoms with Gasteiger partial charge in [0, 0.05) is 11.9 Å². The summed E-state index contributed by atoms with van der Waals surface area (Å²) < 4.78 is 1.79. The predicted octanol–water partition coefficient (Wildman–Crippen LogP) is 1.07. The van der Waals surface area contributed by atoms with Gasteiger partial charge in [0.25, 0.3) is 0 Å². The number of anilines is 1. The molecule has 2 aromatic heterocycles. The first-order valence-corrected chi connectivity index (χ1v) is 6.34. The van der Waals surface area contributed by atoms with Gasteiger partial charge in [-0.05, 0) is 29.8 Å². The van der Waals surface area contributed by atoms with E-state index in [2.05, 4.69) is 36.1 Å². The van der Waals surface area contributed by atoms with Crippen LogP contribution in [-0.2, 0) is 0 Å². The third kappa shape index (κ3) is 2.66. The number of allylic oxidation sites excluding steroid dienone is 1. The van der Waals surface area contributed by atoms with Crippen LogP contribution < -0.4 is 5.32 Å². The molecular weight excluding hydrogens is 282 g/mol. The van der Waals surface area contributed by atoms with Crippen molar-refractivity contribution in [2.75, 3.05) is 5.32 Å². The average Bonchev–Trinajstić information content (AvgIpc) is 3.23. The number of hydrogen-bond acceptors (Lipinski definition) is 7. The Balaban J connectivity index is 1.89. The third-order valence-corrected chi connectivity index (χ3v) is 3.02. The first-order chi connectivity index (χ1) is 10.8. The van der Waals surface area contributed by atoms with Crippen LogP contribution >= 0.6 is 0 Å². The molecule has 3 rings (SSSR count). The number of hydrogen-bond donors (Lipinski definition) is 2. The number of nitrogens with one attached hydrogen (secondary N) is 2. The van der Waals surface area contributed by atoms with E-state index in [9.17, 15) is 0 Å². The average molecular weight is 293 g/mol. The highest BCUT2D eigenvalue weighted by Gasteiger charge is 2.06. The molecule has 0 amide bonds. The van der Waals surface area contributed by atoms with Crippen LogP contribution in [0.5, 0.6) is 0 Å². The Morgan fingerprint density at radius 2 is 2.18 bits per heavy atom. The zero-order valence-electron chi connectivity index (χ0n) is 11.6. The topological polar surface area (TPSA) is 121 Å². The van der Waals surface area contributed by atoms with Gasteiger partial charge in [-0.25, -0.2) is 0 Å². The minimum absolute atomic E-state index is 0.239. The van der Waals surface area contributed by atoms with Gasteiger partial charge in [-0.2, -0.15) is 10.5 Å². The lowest BCUT2D eigenvalue weighted by Gasteiger charge is -2.09. The third-order valence-electron chi connectivity index (χ3n) is 3.02. The Kier molecular flexibility index (Phi) is 3.57. The van der Waals surface area contributed by atoms with Crippen molar-refractivity contribution in [1.82, 2.24) is 35.4 Å². The Labute approximate surface area is 125 Å². The molecule has 9 nitrogen and oxygen atoms in total. The van der Waals surface area contributed by atoms with E-state index in [0.29, 0.717) is 0 Å². The van der Waals surface area contributed by atoms with Crippen molar-refractivity contribution in [2.24, 2.45) is 0 Å². The van der Waals surface area contributed by atoms with E-state index in [1.807, 2.05) is 31.2 Å². The summed E-state index contributed by atoms with van der Waals surface area (Å²) in [7, 11) is 0. The molecule has 22 heavy (non-hydrogen) atoms. The molecule has 0 radical (unpaired) electrons.